The van der Waals surface area contributed by atoms with Crippen LogP contribution in [-0.4, -0.2) is 22.5 Å². The molecule has 0 aliphatic heterocycles. The average Bonchev–Trinajstić information content (AvgIpc) is 3.12. The maximum Gasteiger partial charge on any atom is 0.251 e. The summed E-state index contributed by atoms with van der Waals surface area (Å²) in [6.07, 6.45) is 0. The quantitative estimate of drug-likeness (QED) is 0.559. The van der Waals surface area contributed by atoms with E-state index in [1.54, 1.807) is 7.05 Å². The lowest BCUT2D eigenvalue weighted by Crippen LogP contribution is -2.17. The van der Waals surface area contributed by atoms with Crippen LogP contribution in [0.25, 0.3) is 11.0 Å². The Hall–Kier alpha value is -3.40. The van der Waals surface area contributed by atoms with Crippen LogP contribution in [0.3, 0.4) is 0 Å². The van der Waals surface area contributed by atoms with Crippen molar-refractivity contribution in [2.45, 2.75) is 19.4 Å². The second-order valence-electron chi connectivity index (χ2n) is 6.75. The lowest BCUT2D eigenvalue weighted by Gasteiger charge is -2.19. The number of imidazole rings is 1. The number of benzene rings is 3. The van der Waals surface area contributed by atoms with Gasteiger partial charge in [0, 0.05) is 19.2 Å². The van der Waals surface area contributed by atoms with Crippen LogP contribution >= 0.6 is 0 Å². The highest BCUT2D eigenvalue weighted by Gasteiger charge is 2.23. The Balaban J connectivity index is 1.95. The molecule has 1 N–H and O–H groups in total. The standard InChI is InChI=1S/C24H23N3O/c1-3-27-21-16-19(24(28)25-2)14-15-20(21)26-23(27)22(17-10-6-4-7-11-17)18-12-8-5-9-13-18/h4-16,22H,3H2,1-2H3,(H,25,28). The fourth-order valence-electron chi connectivity index (χ4n) is 3.76. The molecule has 4 rings (SSSR count). The molecule has 3 aromatic carbocycles. The van der Waals surface area contributed by atoms with Crippen LogP contribution < -0.4 is 5.32 Å². The van der Waals surface area contributed by atoms with Gasteiger partial charge in [-0.25, -0.2) is 4.98 Å². The highest BCUT2D eigenvalue weighted by atomic mass is 16.1. The molecule has 0 atom stereocenters. The molecule has 0 saturated heterocycles. The van der Waals surface area contributed by atoms with Crippen molar-refractivity contribution in [3.05, 3.63) is 101 Å². The number of carbonyl (C=O) groups excluding carboxylic acids is 1. The number of carbonyl (C=O) groups is 1. The molecule has 0 fully saturated rings. The third-order valence-corrected chi connectivity index (χ3v) is 5.11. The maximum absolute atomic E-state index is 12.1. The third kappa shape index (κ3) is 3.18. The van der Waals surface area contributed by atoms with E-state index in [0.717, 1.165) is 23.4 Å². The summed E-state index contributed by atoms with van der Waals surface area (Å²) in [6.45, 7) is 2.89. The van der Waals surface area contributed by atoms with Crippen molar-refractivity contribution in [3.8, 4) is 0 Å². The normalized spacial score (nSPS) is 11.1. The molecular formula is C24H23N3O. The number of rotatable bonds is 5. The molecule has 0 bridgehead atoms. The van der Waals surface area contributed by atoms with E-state index in [9.17, 15) is 4.79 Å². The van der Waals surface area contributed by atoms with Gasteiger partial charge in [-0.3, -0.25) is 4.79 Å². The number of nitrogens with zero attached hydrogens (tertiary/aromatic N) is 2. The van der Waals surface area contributed by atoms with Crippen molar-refractivity contribution in [1.29, 1.82) is 0 Å². The number of amides is 1. The van der Waals surface area contributed by atoms with Crippen LogP contribution in [0.2, 0.25) is 0 Å². The van der Waals surface area contributed by atoms with E-state index in [1.807, 2.05) is 30.3 Å². The number of aryl methyl sites for hydroxylation is 1. The van der Waals surface area contributed by atoms with Crippen LogP contribution in [-0.2, 0) is 6.54 Å². The molecule has 1 aromatic heterocycles. The van der Waals surface area contributed by atoms with Crippen LogP contribution in [0.1, 0.15) is 40.2 Å². The van der Waals surface area contributed by atoms with Crippen LogP contribution in [0.4, 0.5) is 0 Å². The van der Waals surface area contributed by atoms with Crippen molar-refractivity contribution in [2.75, 3.05) is 7.05 Å². The summed E-state index contributed by atoms with van der Waals surface area (Å²) >= 11 is 0. The Morgan fingerprint density at radius 1 is 0.964 bits per heavy atom. The van der Waals surface area contributed by atoms with Gasteiger partial charge in [0.05, 0.1) is 17.0 Å². The van der Waals surface area contributed by atoms with Crippen molar-refractivity contribution < 1.29 is 4.79 Å². The van der Waals surface area contributed by atoms with Crippen molar-refractivity contribution in [2.24, 2.45) is 0 Å². The van der Waals surface area contributed by atoms with E-state index in [-0.39, 0.29) is 11.8 Å². The van der Waals surface area contributed by atoms with Crippen LogP contribution in [0, 0.1) is 0 Å². The minimum atomic E-state index is -0.0880. The van der Waals surface area contributed by atoms with Gasteiger partial charge < -0.3 is 9.88 Å². The Kier molecular flexibility index (Phi) is 4.94. The zero-order valence-corrected chi connectivity index (χ0v) is 16.1. The number of fused-ring (bicyclic) bond motifs is 1. The summed E-state index contributed by atoms with van der Waals surface area (Å²) in [5.74, 6) is 0.928. The van der Waals surface area contributed by atoms with Gasteiger partial charge in [-0.05, 0) is 36.2 Å². The first kappa shape index (κ1) is 18.0. The van der Waals surface area contributed by atoms with Gasteiger partial charge in [-0.15, -0.1) is 0 Å². The summed E-state index contributed by atoms with van der Waals surface area (Å²) in [5.41, 5.74) is 4.93. The van der Waals surface area contributed by atoms with Gasteiger partial charge in [-0.1, -0.05) is 60.7 Å². The molecule has 4 nitrogen and oxygen atoms in total. The van der Waals surface area contributed by atoms with Crippen LogP contribution in [0.5, 0.6) is 0 Å². The SMILES string of the molecule is CCn1c(C(c2ccccc2)c2ccccc2)nc2ccc(C(=O)NC)cc21. The molecule has 28 heavy (non-hydrogen) atoms. The van der Waals surface area contributed by atoms with E-state index in [2.05, 4.69) is 65.3 Å². The van der Waals surface area contributed by atoms with E-state index in [1.165, 1.54) is 11.1 Å². The molecule has 4 aromatic rings. The first-order valence-corrected chi connectivity index (χ1v) is 9.55. The molecule has 1 heterocycles. The Morgan fingerprint density at radius 2 is 1.57 bits per heavy atom. The summed E-state index contributed by atoms with van der Waals surface area (Å²) in [4.78, 5) is 17.1. The molecule has 0 aliphatic rings. The number of hydrogen-bond donors (Lipinski definition) is 1. The molecular weight excluding hydrogens is 346 g/mol. The number of nitrogens with one attached hydrogen (secondary N) is 1. The Labute approximate surface area is 164 Å². The maximum atomic E-state index is 12.1. The van der Waals surface area contributed by atoms with Crippen molar-refractivity contribution in [1.82, 2.24) is 14.9 Å². The molecule has 140 valence electrons. The zero-order valence-electron chi connectivity index (χ0n) is 16.1. The lowest BCUT2D eigenvalue weighted by atomic mass is 9.90. The molecule has 0 aliphatic carbocycles. The average molecular weight is 369 g/mol. The topological polar surface area (TPSA) is 46.9 Å². The smallest absolute Gasteiger partial charge is 0.251 e. The summed E-state index contributed by atoms with van der Waals surface area (Å²) < 4.78 is 2.21. The van der Waals surface area contributed by atoms with E-state index in [0.29, 0.717) is 5.56 Å². The van der Waals surface area contributed by atoms with E-state index >= 15 is 0 Å². The fourth-order valence-corrected chi connectivity index (χ4v) is 3.76. The van der Waals surface area contributed by atoms with Gasteiger partial charge in [0.2, 0.25) is 0 Å². The second kappa shape index (κ2) is 7.69. The minimum Gasteiger partial charge on any atom is -0.355 e. The van der Waals surface area contributed by atoms with Crippen molar-refractivity contribution in [3.63, 3.8) is 0 Å². The highest BCUT2D eigenvalue weighted by molar-refractivity contribution is 5.97. The van der Waals surface area contributed by atoms with Gasteiger partial charge in [0.15, 0.2) is 0 Å². The van der Waals surface area contributed by atoms with Gasteiger partial charge in [0.1, 0.15) is 5.82 Å². The molecule has 0 unspecified atom stereocenters. The van der Waals surface area contributed by atoms with Gasteiger partial charge >= 0.3 is 0 Å². The van der Waals surface area contributed by atoms with E-state index in [4.69, 9.17) is 4.98 Å². The van der Waals surface area contributed by atoms with Gasteiger partial charge in [-0.2, -0.15) is 0 Å². The zero-order chi connectivity index (χ0) is 19.5. The molecule has 1 amide bonds. The fraction of sp³-hybridized carbons (Fsp3) is 0.167. The molecule has 0 saturated carbocycles. The Bertz CT molecular complexity index is 1060. The first-order valence-electron chi connectivity index (χ1n) is 9.55. The second-order valence-corrected chi connectivity index (χ2v) is 6.75. The first-order chi connectivity index (χ1) is 13.7. The predicted molar refractivity (Wildman–Crippen MR) is 113 cm³/mol. The van der Waals surface area contributed by atoms with Crippen molar-refractivity contribution >= 4 is 16.9 Å². The third-order valence-electron chi connectivity index (χ3n) is 5.11. The minimum absolute atomic E-state index is 0.0261. The molecule has 4 heteroatoms. The summed E-state index contributed by atoms with van der Waals surface area (Å²) in [6, 6.07) is 26.6. The number of aromatic nitrogens is 2. The summed E-state index contributed by atoms with van der Waals surface area (Å²) in [5, 5.41) is 2.70. The summed E-state index contributed by atoms with van der Waals surface area (Å²) in [7, 11) is 1.65. The highest BCUT2D eigenvalue weighted by Crippen LogP contribution is 2.33. The largest absolute Gasteiger partial charge is 0.355 e. The van der Waals surface area contributed by atoms with Gasteiger partial charge in [0.25, 0.3) is 5.91 Å². The lowest BCUT2D eigenvalue weighted by molar-refractivity contribution is 0.0963. The van der Waals surface area contributed by atoms with Crippen LogP contribution in [0.15, 0.2) is 78.9 Å². The monoisotopic (exact) mass is 369 g/mol. The number of hydrogen-bond acceptors (Lipinski definition) is 2. The molecule has 0 spiro atoms. The predicted octanol–water partition coefficient (Wildman–Crippen LogP) is 4.60. The Morgan fingerprint density at radius 3 is 2.11 bits per heavy atom. The molecule has 0 radical (unpaired) electrons. The van der Waals surface area contributed by atoms with E-state index < -0.39 is 0 Å².